The van der Waals surface area contributed by atoms with Gasteiger partial charge in [-0.05, 0) is 19.1 Å². The van der Waals surface area contributed by atoms with E-state index in [1.807, 2.05) is 0 Å². The van der Waals surface area contributed by atoms with E-state index < -0.39 is 23.3 Å². The molecule has 0 saturated heterocycles. The fraction of sp³-hybridized carbons (Fsp3) is 0.273. The number of nitriles is 1. The second-order valence-corrected chi connectivity index (χ2v) is 3.73. The molecule has 3 nitrogen and oxygen atoms in total. The number of carbonyl (C=O) groups is 1. The average Bonchev–Trinajstić information content (AvgIpc) is 2.26. The first kappa shape index (κ1) is 14.4. The van der Waals surface area contributed by atoms with Crippen molar-refractivity contribution >= 4 is 18.6 Å². The van der Waals surface area contributed by atoms with Gasteiger partial charge in [-0.25, -0.2) is 4.79 Å². The van der Waals surface area contributed by atoms with Gasteiger partial charge >= 0.3 is 12.1 Å². The molecule has 0 aromatic heterocycles. The second kappa shape index (κ2) is 5.31. The molecule has 96 valence electrons. The Balaban J connectivity index is 3.39. The summed E-state index contributed by atoms with van der Waals surface area (Å²) in [5.74, 6) is -0.868. The molecule has 0 saturated carbocycles. The van der Waals surface area contributed by atoms with Crippen LogP contribution in [0.3, 0.4) is 0 Å². The van der Waals surface area contributed by atoms with Gasteiger partial charge in [0.25, 0.3) is 0 Å². The highest BCUT2D eigenvalue weighted by molar-refractivity contribution is 7.80. The molecular formula is C11H8F3NO2S. The third-order valence-corrected chi connectivity index (χ3v) is 2.40. The van der Waals surface area contributed by atoms with Crippen molar-refractivity contribution in [2.24, 2.45) is 0 Å². The van der Waals surface area contributed by atoms with Crippen LogP contribution in [0.25, 0.3) is 0 Å². The molecule has 0 bridgehead atoms. The van der Waals surface area contributed by atoms with Crippen LogP contribution in [0.5, 0.6) is 0 Å². The summed E-state index contributed by atoms with van der Waals surface area (Å²) in [6.07, 6.45) is -4.60. The standard InChI is InChI=1S/C11H8F3NO2S/c1-2-17-10(16)9-6(5-15)3-7(4-8(9)18)11(12,13)14/h3-4,18H,2H2,1H3. The second-order valence-electron chi connectivity index (χ2n) is 3.25. The van der Waals surface area contributed by atoms with Crippen LogP contribution in [0.4, 0.5) is 13.2 Å². The van der Waals surface area contributed by atoms with Crippen molar-refractivity contribution in [1.29, 1.82) is 5.26 Å². The van der Waals surface area contributed by atoms with E-state index in [1.54, 1.807) is 6.92 Å². The maximum Gasteiger partial charge on any atom is 0.416 e. The maximum atomic E-state index is 12.5. The van der Waals surface area contributed by atoms with Crippen LogP contribution < -0.4 is 0 Å². The van der Waals surface area contributed by atoms with E-state index in [0.717, 1.165) is 0 Å². The summed E-state index contributed by atoms with van der Waals surface area (Å²) in [5, 5.41) is 8.79. The van der Waals surface area contributed by atoms with Gasteiger partial charge in [-0.15, -0.1) is 12.6 Å². The summed E-state index contributed by atoms with van der Waals surface area (Å²) < 4.78 is 42.2. The van der Waals surface area contributed by atoms with Crippen molar-refractivity contribution in [3.8, 4) is 6.07 Å². The number of hydrogen-bond acceptors (Lipinski definition) is 4. The number of ether oxygens (including phenoxy) is 1. The Hall–Kier alpha value is -1.68. The Bertz CT molecular complexity index is 520. The van der Waals surface area contributed by atoms with Crippen molar-refractivity contribution in [2.75, 3.05) is 6.61 Å². The Kier molecular flexibility index (Phi) is 4.24. The molecule has 0 aliphatic carbocycles. The van der Waals surface area contributed by atoms with Gasteiger partial charge in [0, 0.05) is 4.90 Å². The van der Waals surface area contributed by atoms with Gasteiger partial charge in [0.15, 0.2) is 0 Å². The first-order valence-electron chi connectivity index (χ1n) is 4.82. The van der Waals surface area contributed by atoms with Crippen molar-refractivity contribution in [1.82, 2.24) is 0 Å². The quantitative estimate of drug-likeness (QED) is 0.666. The first-order valence-corrected chi connectivity index (χ1v) is 5.27. The number of benzene rings is 1. The van der Waals surface area contributed by atoms with Crippen LogP contribution in [-0.4, -0.2) is 12.6 Å². The maximum absolute atomic E-state index is 12.5. The highest BCUT2D eigenvalue weighted by Crippen LogP contribution is 2.33. The van der Waals surface area contributed by atoms with Crippen LogP contribution in [0.15, 0.2) is 17.0 Å². The summed E-state index contributed by atoms with van der Waals surface area (Å²) in [7, 11) is 0. The van der Waals surface area contributed by atoms with Crippen molar-refractivity contribution in [2.45, 2.75) is 18.0 Å². The molecule has 0 unspecified atom stereocenters. The molecule has 0 heterocycles. The summed E-state index contributed by atoms with van der Waals surface area (Å²) in [4.78, 5) is 11.3. The van der Waals surface area contributed by atoms with Gasteiger partial charge in [0.2, 0.25) is 0 Å². The monoisotopic (exact) mass is 275 g/mol. The Labute approximate surface area is 107 Å². The molecule has 0 radical (unpaired) electrons. The fourth-order valence-corrected chi connectivity index (χ4v) is 1.65. The highest BCUT2D eigenvalue weighted by Gasteiger charge is 2.33. The topological polar surface area (TPSA) is 50.1 Å². The lowest BCUT2D eigenvalue weighted by molar-refractivity contribution is -0.137. The lowest BCUT2D eigenvalue weighted by Crippen LogP contribution is -2.12. The summed E-state index contributed by atoms with van der Waals surface area (Å²) in [6, 6.07) is 2.83. The molecule has 0 atom stereocenters. The summed E-state index contributed by atoms with van der Waals surface area (Å²) in [6.45, 7) is 1.60. The third-order valence-electron chi connectivity index (χ3n) is 2.04. The molecule has 1 aromatic rings. The van der Waals surface area contributed by atoms with E-state index in [0.29, 0.717) is 12.1 Å². The summed E-state index contributed by atoms with van der Waals surface area (Å²) in [5.41, 5.74) is -1.69. The first-order chi connectivity index (χ1) is 8.31. The molecule has 0 aliphatic rings. The van der Waals surface area contributed by atoms with E-state index in [9.17, 15) is 18.0 Å². The largest absolute Gasteiger partial charge is 0.462 e. The van der Waals surface area contributed by atoms with Crippen LogP contribution in [0.2, 0.25) is 0 Å². The minimum atomic E-state index is -4.60. The molecule has 0 aliphatic heterocycles. The molecular weight excluding hydrogens is 267 g/mol. The van der Waals surface area contributed by atoms with E-state index >= 15 is 0 Å². The number of hydrogen-bond donors (Lipinski definition) is 1. The number of nitrogens with zero attached hydrogens (tertiary/aromatic N) is 1. The molecule has 0 N–H and O–H groups in total. The lowest BCUT2D eigenvalue weighted by atomic mass is 10.0. The average molecular weight is 275 g/mol. The van der Waals surface area contributed by atoms with Crippen LogP contribution in [-0.2, 0) is 10.9 Å². The molecule has 0 fully saturated rings. The molecule has 0 amide bonds. The Morgan fingerprint density at radius 1 is 1.50 bits per heavy atom. The molecule has 7 heteroatoms. The third kappa shape index (κ3) is 2.96. The van der Waals surface area contributed by atoms with E-state index in [2.05, 4.69) is 17.4 Å². The predicted octanol–water partition coefficient (Wildman–Crippen LogP) is 3.04. The SMILES string of the molecule is CCOC(=O)c1c(S)cc(C(F)(F)F)cc1C#N. The Morgan fingerprint density at radius 3 is 2.56 bits per heavy atom. The van der Waals surface area contributed by atoms with Crippen molar-refractivity contribution in [3.63, 3.8) is 0 Å². The van der Waals surface area contributed by atoms with Gasteiger partial charge in [0.05, 0.1) is 23.3 Å². The van der Waals surface area contributed by atoms with Gasteiger partial charge in [0.1, 0.15) is 6.07 Å². The summed E-state index contributed by atoms with van der Waals surface area (Å²) >= 11 is 3.80. The van der Waals surface area contributed by atoms with E-state index in [-0.39, 0.29) is 17.1 Å². The smallest absolute Gasteiger partial charge is 0.416 e. The number of rotatable bonds is 2. The van der Waals surface area contributed by atoms with E-state index in [1.165, 1.54) is 6.07 Å². The lowest BCUT2D eigenvalue weighted by Gasteiger charge is -2.11. The number of esters is 1. The fourth-order valence-electron chi connectivity index (χ4n) is 1.30. The minimum absolute atomic E-state index is 0.0535. The van der Waals surface area contributed by atoms with Crippen molar-refractivity contribution < 1.29 is 22.7 Å². The number of alkyl halides is 3. The van der Waals surface area contributed by atoms with Gasteiger partial charge in [-0.1, -0.05) is 0 Å². The zero-order valence-electron chi connectivity index (χ0n) is 9.21. The predicted molar refractivity (Wildman–Crippen MR) is 59.4 cm³/mol. The minimum Gasteiger partial charge on any atom is -0.462 e. The van der Waals surface area contributed by atoms with E-state index in [4.69, 9.17) is 5.26 Å². The highest BCUT2D eigenvalue weighted by atomic mass is 32.1. The zero-order valence-corrected chi connectivity index (χ0v) is 10.1. The van der Waals surface area contributed by atoms with Crippen LogP contribution in [0.1, 0.15) is 28.4 Å². The van der Waals surface area contributed by atoms with Crippen LogP contribution >= 0.6 is 12.6 Å². The molecule has 0 spiro atoms. The van der Waals surface area contributed by atoms with Crippen LogP contribution in [0, 0.1) is 11.3 Å². The Morgan fingerprint density at radius 2 is 2.11 bits per heavy atom. The van der Waals surface area contributed by atoms with Gasteiger partial charge < -0.3 is 4.74 Å². The molecule has 1 rings (SSSR count). The van der Waals surface area contributed by atoms with Crippen molar-refractivity contribution in [3.05, 3.63) is 28.8 Å². The number of thiol groups is 1. The molecule has 18 heavy (non-hydrogen) atoms. The normalized spacial score (nSPS) is 10.9. The van der Waals surface area contributed by atoms with Gasteiger partial charge in [-0.3, -0.25) is 0 Å². The number of carbonyl (C=O) groups excluding carboxylic acids is 1. The number of halogens is 3. The molecule has 1 aromatic carbocycles. The van der Waals surface area contributed by atoms with Gasteiger partial charge in [-0.2, -0.15) is 18.4 Å². The zero-order chi connectivity index (χ0) is 13.9.